The summed E-state index contributed by atoms with van der Waals surface area (Å²) in [6.45, 7) is 13.3. The SMILES string of the molecule is C=CCOC(=O)C1=C(c2ccc(N3CCN(C)C3=O)cc2)C[C@@H]2[C@@H]([C@@H](C)O[Si](C)(C)C)C(=O)N12. The Bertz CT molecular complexity index is 1050. The predicted octanol–water partition coefficient (Wildman–Crippen LogP) is 3.47. The standard InChI is InChI=1S/C25H33N3O5Si/c1-7-14-32-24(30)22-19(15-20-21(23(29)28(20)22)16(2)33-34(4,5)6)17-8-10-18(11-9-17)27-13-12-26(3)25(27)31/h7-11,16,20-21H,1,12-15H2,2-6H3/t16-,20-,21-/m1/s1. The number of carbonyl (C=O) groups excluding carboxylic acids is 3. The zero-order valence-electron chi connectivity index (χ0n) is 20.5. The van der Waals surface area contributed by atoms with Crippen LogP contribution in [0, 0.1) is 5.92 Å². The highest BCUT2D eigenvalue weighted by molar-refractivity contribution is 6.69. The normalized spacial score (nSPS) is 23.3. The molecule has 2 fully saturated rings. The maximum absolute atomic E-state index is 13.2. The molecule has 8 nitrogen and oxygen atoms in total. The number of nitrogens with zero attached hydrogens (tertiary/aromatic N) is 3. The molecule has 9 heteroatoms. The summed E-state index contributed by atoms with van der Waals surface area (Å²) in [4.78, 5) is 43.5. The lowest BCUT2D eigenvalue weighted by Gasteiger charge is -2.47. The van der Waals surface area contributed by atoms with Gasteiger partial charge in [0.25, 0.3) is 0 Å². The molecule has 1 aromatic carbocycles. The monoisotopic (exact) mass is 483 g/mol. The van der Waals surface area contributed by atoms with Crippen molar-refractivity contribution in [3.8, 4) is 0 Å². The van der Waals surface area contributed by atoms with E-state index in [1.54, 1.807) is 21.7 Å². The second kappa shape index (κ2) is 9.03. The number of likely N-dealkylation sites (N-methyl/N-ethyl adjacent to an activating group) is 1. The molecule has 0 N–H and O–H groups in total. The Morgan fingerprint density at radius 2 is 1.88 bits per heavy atom. The van der Waals surface area contributed by atoms with Gasteiger partial charge in [-0.3, -0.25) is 9.69 Å². The fourth-order valence-electron chi connectivity index (χ4n) is 5.07. The second-order valence-electron chi connectivity index (χ2n) is 10.1. The molecule has 0 bridgehead atoms. The Hall–Kier alpha value is -2.91. The molecule has 3 aliphatic rings. The number of urea groups is 1. The van der Waals surface area contributed by atoms with Crippen LogP contribution < -0.4 is 4.90 Å². The molecule has 34 heavy (non-hydrogen) atoms. The Balaban J connectivity index is 1.62. The minimum atomic E-state index is -1.83. The maximum atomic E-state index is 13.2. The number of hydrogen-bond donors (Lipinski definition) is 0. The molecule has 0 unspecified atom stereocenters. The highest BCUT2D eigenvalue weighted by Gasteiger charge is 2.57. The molecule has 182 valence electrons. The molecule has 0 aliphatic carbocycles. The van der Waals surface area contributed by atoms with Crippen molar-refractivity contribution < 1.29 is 23.5 Å². The summed E-state index contributed by atoms with van der Waals surface area (Å²) >= 11 is 0. The molecule has 3 heterocycles. The molecule has 0 aromatic heterocycles. The molecule has 3 aliphatic heterocycles. The van der Waals surface area contributed by atoms with Crippen LogP contribution >= 0.6 is 0 Å². The number of carbonyl (C=O) groups is 3. The number of rotatable bonds is 8. The van der Waals surface area contributed by atoms with E-state index in [1.165, 1.54) is 6.08 Å². The molecule has 2 saturated heterocycles. The molecule has 0 radical (unpaired) electrons. The van der Waals surface area contributed by atoms with E-state index in [1.807, 2.05) is 31.2 Å². The third kappa shape index (κ3) is 4.30. The number of amides is 3. The number of fused-ring (bicyclic) bond motifs is 1. The van der Waals surface area contributed by atoms with Crippen molar-refractivity contribution in [3.63, 3.8) is 0 Å². The Kier molecular flexibility index (Phi) is 6.43. The van der Waals surface area contributed by atoms with Gasteiger partial charge in [0.1, 0.15) is 12.3 Å². The molecular formula is C25H33N3O5Si. The first-order valence-electron chi connectivity index (χ1n) is 11.7. The Morgan fingerprint density at radius 3 is 2.44 bits per heavy atom. The smallest absolute Gasteiger partial charge is 0.355 e. The maximum Gasteiger partial charge on any atom is 0.355 e. The van der Waals surface area contributed by atoms with Crippen LogP contribution in [0.15, 0.2) is 42.6 Å². The van der Waals surface area contributed by atoms with Crippen LogP contribution in [0.1, 0.15) is 18.9 Å². The highest BCUT2D eigenvalue weighted by atomic mass is 28.4. The van der Waals surface area contributed by atoms with E-state index in [2.05, 4.69) is 26.2 Å². The third-order valence-electron chi connectivity index (χ3n) is 6.52. The molecule has 0 spiro atoms. The average molecular weight is 484 g/mol. The summed E-state index contributed by atoms with van der Waals surface area (Å²) in [6.07, 6.45) is 1.85. The summed E-state index contributed by atoms with van der Waals surface area (Å²) in [5.74, 6) is -0.912. The van der Waals surface area contributed by atoms with Gasteiger partial charge in [-0.1, -0.05) is 24.8 Å². The minimum absolute atomic E-state index is 0.0319. The van der Waals surface area contributed by atoms with Gasteiger partial charge >= 0.3 is 12.0 Å². The van der Waals surface area contributed by atoms with Crippen molar-refractivity contribution in [1.82, 2.24) is 9.80 Å². The van der Waals surface area contributed by atoms with E-state index in [4.69, 9.17) is 9.16 Å². The van der Waals surface area contributed by atoms with E-state index in [0.29, 0.717) is 25.2 Å². The Labute approximate surface area is 201 Å². The van der Waals surface area contributed by atoms with Crippen molar-refractivity contribution in [1.29, 1.82) is 0 Å². The van der Waals surface area contributed by atoms with Crippen molar-refractivity contribution >= 4 is 37.5 Å². The van der Waals surface area contributed by atoms with E-state index >= 15 is 0 Å². The summed E-state index contributed by atoms with van der Waals surface area (Å²) in [7, 11) is -0.0456. The van der Waals surface area contributed by atoms with Gasteiger partial charge in [-0.2, -0.15) is 0 Å². The molecule has 3 atom stereocenters. The number of β-lactam (4-membered cyclic amide) rings is 1. The third-order valence-corrected chi connectivity index (χ3v) is 7.60. The number of anilines is 1. The lowest BCUT2D eigenvalue weighted by atomic mass is 9.82. The lowest BCUT2D eigenvalue weighted by molar-refractivity contribution is -0.161. The summed E-state index contributed by atoms with van der Waals surface area (Å²) in [5.41, 5.74) is 2.74. The van der Waals surface area contributed by atoms with Crippen molar-refractivity contribution in [2.45, 2.75) is 45.1 Å². The van der Waals surface area contributed by atoms with Crippen LogP contribution in [0.3, 0.4) is 0 Å². The van der Waals surface area contributed by atoms with Gasteiger partial charge < -0.3 is 19.0 Å². The molecule has 3 amide bonds. The zero-order valence-corrected chi connectivity index (χ0v) is 21.5. The van der Waals surface area contributed by atoms with Gasteiger partial charge in [-0.05, 0) is 56.3 Å². The average Bonchev–Trinajstić information content (AvgIpc) is 3.28. The lowest BCUT2D eigenvalue weighted by Crippen LogP contribution is -2.63. The fourth-order valence-corrected chi connectivity index (χ4v) is 6.33. The van der Waals surface area contributed by atoms with E-state index in [-0.39, 0.29) is 36.6 Å². The van der Waals surface area contributed by atoms with Crippen molar-refractivity contribution in [2.24, 2.45) is 5.92 Å². The first-order chi connectivity index (χ1) is 16.0. The molecular weight excluding hydrogens is 450 g/mol. The van der Waals surface area contributed by atoms with Crippen LogP contribution in [0.5, 0.6) is 0 Å². The topological polar surface area (TPSA) is 79.4 Å². The fraction of sp³-hybridized carbons (Fsp3) is 0.480. The number of benzene rings is 1. The van der Waals surface area contributed by atoms with Gasteiger partial charge in [0.05, 0.1) is 18.1 Å². The summed E-state index contributed by atoms with van der Waals surface area (Å²) < 4.78 is 11.6. The largest absolute Gasteiger partial charge is 0.457 e. The van der Waals surface area contributed by atoms with E-state index < -0.39 is 14.3 Å². The van der Waals surface area contributed by atoms with E-state index in [0.717, 1.165) is 16.8 Å². The Morgan fingerprint density at radius 1 is 1.21 bits per heavy atom. The number of hydrogen-bond acceptors (Lipinski definition) is 5. The predicted molar refractivity (Wildman–Crippen MR) is 133 cm³/mol. The molecule has 1 aromatic rings. The highest BCUT2D eigenvalue weighted by Crippen LogP contribution is 2.48. The van der Waals surface area contributed by atoms with Gasteiger partial charge in [-0.25, -0.2) is 9.59 Å². The van der Waals surface area contributed by atoms with Gasteiger partial charge in [-0.15, -0.1) is 0 Å². The number of ether oxygens (including phenoxy) is 1. The van der Waals surface area contributed by atoms with Crippen molar-refractivity contribution in [2.75, 3.05) is 31.6 Å². The van der Waals surface area contributed by atoms with Crippen LogP contribution in [0.25, 0.3) is 5.57 Å². The zero-order chi connectivity index (χ0) is 24.8. The van der Waals surface area contributed by atoms with E-state index in [9.17, 15) is 14.4 Å². The quantitative estimate of drug-likeness (QED) is 0.245. The van der Waals surface area contributed by atoms with Crippen LogP contribution in [-0.2, 0) is 18.8 Å². The summed E-state index contributed by atoms with van der Waals surface area (Å²) in [5, 5.41) is 0. The molecule has 0 saturated carbocycles. The number of esters is 1. The first-order valence-corrected chi connectivity index (χ1v) is 15.1. The molecule has 4 rings (SSSR count). The van der Waals surface area contributed by atoms with Crippen LogP contribution in [-0.4, -0.2) is 74.9 Å². The van der Waals surface area contributed by atoms with Gasteiger partial charge in [0.15, 0.2) is 8.32 Å². The van der Waals surface area contributed by atoms with Crippen LogP contribution in [0.4, 0.5) is 10.5 Å². The van der Waals surface area contributed by atoms with Crippen LogP contribution in [0.2, 0.25) is 19.6 Å². The minimum Gasteiger partial charge on any atom is -0.457 e. The summed E-state index contributed by atoms with van der Waals surface area (Å²) in [6, 6.07) is 7.43. The van der Waals surface area contributed by atoms with Gasteiger partial charge in [0, 0.05) is 25.8 Å². The van der Waals surface area contributed by atoms with Gasteiger partial charge in [0.2, 0.25) is 5.91 Å². The second-order valence-corrected chi connectivity index (χ2v) is 14.5. The van der Waals surface area contributed by atoms with Crippen molar-refractivity contribution in [3.05, 3.63) is 48.2 Å². The first kappa shape index (κ1) is 24.2.